The molecule has 0 amide bonds. The molecule has 1 aliphatic heterocycles. The Kier molecular flexibility index (Phi) is 4.62. The van der Waals surface area contributed by atoms with Crippen LogP contribution in [0.4, 0.5) is 8.78 Å². The standard InChI is InChI=1S/C22H18BrF2N3O/c23-16-8-4-15(5-9-16)20-26-28-13-19(18-3-1-2-12-27(20)21(18)28)14-6-10-17(11-7-14)29-22(24)25/h4-11,13,22H,1-3,12H2. The molecule has 29 heavy (non-hydrogen) atoms. The fraction of sp³-hybridized carbons (Fsp3) is 0.227. The van der Waals surface area contributed by atoms with Gasteiger partial charge in [0.05, 0.1) is 0 Å². The van der Waals surface area contributed by atoms with Crippen molar-refractivity contribution in [2.75, 3.05) is 0 Å². The van der Waals surface area contributed by atoms with E-state index in [-0.39, 0.29) is 5.75 Å². The van der Waals surface area contributed by atoms with Crippen LogP contribution in [0.3, 0.4) is 0 Å². The summed E-state index contributed by atoms with van der Waals surface area (Å²) in [5, 5.41) is 4.87. The first-order valence-corrected chi connectivity index (χ1v) is 10.3. The summed E-state index contributed by atoms with van der Waals surface area (Å²) in [6.45, 7) is -1.89. The van der Waals surface area contributed by atoms with Crippen molar-refractivity contribution in [2.24, 2.45) is 0 Å². The maximum Gasteiger partial charge on any atom is 0.387 e. The number of hydrogen-bond donors (Lipinski definition) is 0. The smallest absolute Gasteiger partial charge is 0.387 e. The molecule has 4 aromatic rings. The molecule has 3 heterocycles. The van der Waals surface area contributed by atoms with E-state index >= 15 is 0 Å². The molecule has 5 rings (SSSR count). The molecule has 0 bridgehead atoms. The zero-order chi connectivity index (χ0) is 20.0. The summed E-state index contributed by atoms with van der Waals surface area (Å²) < 4.78 is 34.6. The van der Waals surface area contributed by atoms with Gasteiger partial charge >= 0.3 is 6.61 Å². The molecule has 148 valence electrons. The first-order chi connectivity index (χ1) is 14.1. The predicted molar refractivity (Wildman–Crippen MR) is 111 cm³/mol. The molecule has 1 aliphatic rings. The summed E-state index contributed by atoms with van der Waals surface area (Å²) in [5.74, 6) is 1.13. The summed E-state index contributed by atoms with van der Waals surface area (Å²) in [4.78, 5) is 0. The van der Waals surface area contributed by atoms with Crippen LogP contribution in [0.25, 0.3) is 28.2 Å². The molecule has 2 aromatic heterocycles. The number of alkyl halides is 2. The minimum absolute atomic E-state index is 0.165. The molecule has 0 saturated heterocycles. The van der Waals surface area contributed by atoms with Gasteiger partial charge in [0.2, 0.25) is 0 Å². The second-order valence-corrected chi connectivity index (χ2v) is 8.05. The van der Waals surface area contributed by atoms with E-state index in [1.54, 1.807) is 12.1 Å². The molecule has 0 atom stereocenters. The van der Waals surface area contributed by atoms with Crippen LogP contribution in [0.1, 0.15) is 18.4 Å². The van der Waals surface area contributed by atoms with Crippen molar-refractivity contribution in [2.45, 2.75) is 32.4 Å². The SMILES string of the molecule is FC(F)Oc1ccc(-c2cn3nc(-c4ccc(Br)cc4)n4c3c2CCCC4)cc1. The highest BCUT2D eigenvalue weighted by Gasteiger charge is 2.23. The predicted octanol–water partition coefficient (Wildman–Crippen LogP) is 6.17. The summed E-state index contributed by atoms with van der Waals surface area (Å²) in [6.07, 6.45) is 5.19. The Bertz CT molecular complexity index is 1160. The lowest BCUT2D eigenvalue weighted by molar-refractivity contribution is -0.0498. The van der Waals surface area contributed by atoms with Crippen LogP contribution < -0.4 is 4.74 Å². The van der Waals surface area contributed by atoms with Gasteiger partial charge in [-0.25, -0.2) is 4.52 Å². The monoisotopic (exact) mass is 457 g/mol. The van der Waals surface area contributed by atoms with Crippen molar-refractivity contribution in [3.05, 3.63) is 64.8 Å². The van der Waals surface area contributed by atoms with Crippen molar-refractivity contribution >= 4 is 21.6 Å². The van der Waals surface area contributed by atoms with Gasteiger partial charge in [-0.3, -0.25) is 0 Å². The van der Waals surface area contributed by atoms with Gasteiger partial charge in [0, 0.05) is 33.9 Å². The van der Waals surface area contributed by atoms with Gasteiger partial charge in [0.1, 0.15) is 11.4 Å². The van der Waals surface area contributed by atoms with Crippen molar-refractivity contribution in [3.8, 4) is 28.3 Å². The van der Waals surface area contributed by atoms with Crippen LogP contribution in [-0.4, -0.2) is 20.8 Å². The van der Waals surface area contributed by atoms with E-state index in [0.717, 1.165) is 58.4 Å². The zero-order valence-corrected chi connectivity index (χ0v) is 17.1. The molecular weight excluding hydrogens is 440 g/mol. The lowest BCUT2D eigenvalue weighted by Gasteiger charge is -2.07. The largest absolute Gasteiger partial charge is 0.435 e. The van der Waals surface area contributed by atoms with Gasteiger partial charge < -0.3 is 9.30 Å². The van der Waals surface area contributed by atoms with E-state index in [2.05, 4.69) is 37.4 Å². The number of halogens is 3. The molecule has 0 fully saturated rings. The van der Waals surface area contributed by atoms with E-state index in [4.69, 9.17) is 5.10 Å². The first kappa shape index (κ1) is 18.4. The quantitative estimate of drug-likeness (QED) is 0.366. The molecule has 0 radical (unpaired) electrons. The van der Waals surface area contributed by atoms with Gasteiger partial charge in [0.15, 0.2) is 5.82 Å². The third-order valence-corrected chi connectivity index (χ3v) is 5.86. The van der Waals surface area contributed by atoms with Gasteiger partial charge in [-0.1, -0.05) is 40.2 Å². The summed E-state index contributed by atoms with van der Waals surface area (Å²) >= 11 is 3.49. The third kappa shape index (κ3) is 3.33. The topological polar surface area (TPSA) is 31.5 Å². The number of rotatable bonds is 4. The molecule has 0 aliphatic carbocycles. The lowest BCUT2D eigenvalue weighted by atomic mass is 10.0. The van der Waals surface area contributed by atoms with Crippen molar-refractivity contribution in [3.63, 3.8) is 0 Å². The molecule has 0 saturated carbocycles. The average molecular weight is 458 g/mol. The van der Waals surface area contributed by atoms with Crippen LogP contribution in [-0.2, 0) is 13.0 Å². The van der Waals surface area contributed by atoms with Crippen molar-refractivity contribution in [1.82, 2.24) is 14.2 Å². The summed E-state index contributed by atoms with van der Waals surface area (Å²) in [5.41, 5.74) is 5.52. The van der Waals surface area contributed by atoms with E-state index in [9.17, 15) is 8.78 Å². The van der Waals surface area contributed by atoms with E-state index < -0.39 is 6.61 Å². The average Bonchev–Trinajstić information content (AvgIpc) is 3.13. The van der Waals surface area contributed by atoms with Crippen LogP contribution in [0, 0.1) is 0 Å². The molecule has 0 spiro atoms. The van der Waals surface area contributed by atoms with Gasteiger partial charge in [-0.05, 0) is 49.1 Å². The fourth-order valence-corrected chi connectivity index (χ4v) is 4.31. The Balaban J connectivity index is 1.61. The highest BCUT2D eigenvalue weighted by atomic mass is 79.9. The number of ether oxygens (including phenoxy) is 1. The molecule has 0 unspecified atom stereocenters. The first-order valence-electron chi connectivity index (χ1n) is 9.52. The van der Waals surface area contributed by atoms with Crippen molar-refractivity contribution in [1.29, 1.82) is 0 Å². The van der Waals surface area contributed by atoms with Crippen LogP contribution >= 0.6 is 15.9 Å². The maximum absolute atomic E-state index is 12.4. The zero-order valence-electron chi connectivity index (χ0n) is 15.5. The Labute approximate surface area is 174 Å². The Hall–Kier alpha value is -2.67. The molecular formula is C22H18BrF2N3O. The van der Waals surface area contributed by atoms with E-state index in [0.29, 0.717) is 0 Å². The van der Waals surface area contributed by atoms with E-state index in [1.807, 2.05) is 35.0 Å². The van der Waals surface area contributed by atoms with Gasteiger partial charge in [0.25, 0.3) is 0 Å². The molecule has 2 aromatic carbocycles. The number of benzene rings is 2. The Morgan fingerprint density at radius 3 is 2.41 bits per heavy atom. The molecule has 0 N–H and O–H groups in total. The van der Waals surface area contributed by atoms with Gasteiger partial charge in [-0.2, -0.15) is 8.78 Å². The summed E-state index contributed by atoms with van der Waals surface area (Å²) in [6, 6.07) is 15.0. The summed E-state index contributed by atoms with van der Waals surface area (Å²) in [7, 11) is 0. The number of aryl methyl sites for hydroxylation is 2. The van der Waals surface area contributed by atoms with Crippen LogP contribution in [0.2, 0.25) is 0 Å². The van der Waals surface area contributed by atoms with E-state index in [1.165, 1.54) is 5.56 Å². The number of nitrogens with zero attached hydrogens (tertiary/aromatic N) is 3. The minimum Gasteiger partial charge on any atom is -0.435 e. The van der Waals surface area contributed by atoms with Crippen LogP contribution in [0.15, 0.2) is 59.2 Å². The normalized spacial score (nSPS) is 13.8. The fourth-order valence-electron chi connectivity index (χ4n) is 4.05. The number of hydrogen-bond acceptors (Lipinski definition) is 2. The van der Waals surface area contributed by atoms with Gasteiger partial charge in [-0.15, -0.1) is 5.10 Å². The lowest BCUT2D eigenvalue weighted by Crippen LogP contribution is -2.01. The Morgan fingerprint density at radius 2 is 1.69 bits per heavy atom. The highest BCUT2D eigenvalue weighted by molar-refractivity contribution is 9.10. The maximum atomic E-state index is 12.4. The minimum atomic E-state index is -2.82. The van der Waals surface area contributed by atoms with Crippen molar-refractivity contribution < 1.29 is 13.5 Å². The molecule has 7 heteroatoms. The second-order valence-electron chi connectivity index (χ2n) is 7.13. The Morgan fingerprint density at radius 1 is 0.966 bits per heavy atom. The highest BCUT2D eigenvalue weighted by Crippen LogP contribution is 2.35. The number of aromatic nitrogens is 3. The van der Waals surface area contributed by atoms with Crippen LogP contribution in [0.5, 0.6) is 5.75 Å². The second kappa shape index (κ2) is 7.30. The molecule has 4 nitrogen and oxygen atoms in total. The third-order valence-electron chi connectivity index (χ3n) is 5.33.